The molecule has 6 nitrogen and oxygen atoms in total. The number of guanidine groups is 1. The number of nitrogens with one attached hydrogen (secondary N) is 2. The normalized spacial score (nSPS) is 15.7. The van der Waals surface area contributed by atoms with Crippen LogP contribution in [0.4, 0.5) is 0 Å². The van der Waals surface area contributed by atoms with Gasteiger partial charge >= 0.3 is 0 Å². The highest BCUT2D eigenvalue weighted by molar-refractivity contribution is 14.0. The van der Waals surface area contributed by atoms with E-state index in [1.807, 2.05) is 18.7 Å². The lowest BCUT2D eigenvalue weighted by Crippen LogP contribution is -2.48. The summed E-state index contributed by atoms with van der Waals surface area (Å²) in [7, 11) is 0. The maximum atomic E-state index is 4.83. The molecule has 29 heavy (non-hydrogen) atoms. The average Bonchev–Trinajstić information content (AvgIpc) is 3.21. The van der Waals surface area contributed by atoms with Crippen LogP contribution in [0.15, 0.2) is 48.0 Å². The zero-order valence-corrected chi connectivity index (χ0v) is 20.0. The highest BCUT2D eigenvalue weighted by atomic mass is 127. The Morgan fingerprint density at radius 1 is 1.21 bits per heavy atom. The number of piperidine rings is 1. The van der Waals surface area contributed by atoms with Gasteiger partial charge < -0.3 is 20.1 Å². The summed E-state index contributed by atoms with van der Waals surface area (Å²) >= 11 is 0. The van der Waals surface area contributed by atoms with Gasteiger partial charge in [-0.2, -0.15) is 0 Å². The molecule has 1 saturated heterocycles. The fourth-order valence-corrected chi connectivity index (χ4v) is 3.72. The van der Waals surface area contributed by atoms with E-state index in [2.05, 4.69) is 63.2 Å². The quantitative estimate of drug-likeness (QED) is 0.325. The highest BCUT2D eigenvalue weighted by Gasteiger charge is 2.19. The smallest absolute Gasteiger partial charge is 0.191 e. The number of likely N-dealkylation sites (tertiary alicyclic amines) is 1. The number of hydrogen-bond donors (Lipinski definition) is 2. The first-order valence-electron chi connectivity index (χ1n) is 10.6. The Bertz CT molecular complexity index is 723. The van der Waals surface area contributed by atoms with Gasteiger partial charge in [-0.1, -0.05) is 31.2 Å². The lowest BCUT2D eigenvalue weighted by molar-refractivity contribution is 0.206. The van der Waals surface area contributed by atoms with Gasteiger partial charge in [0.05, 0.1) is 12.9 Å². The Balaban J connectivity index is 0.00000300. The van der Waals surface area contributed by atoms with Crippen molar-refractivity contribution < 1.29 is 0 Å². The van der Waals surface area contributed by atoms with Gasteiger partial charge in [0, 0.05) is 44.6 Å². The van der Waals surface area contributed by atoms with Gasteiger partial charge in [0.1, 0.15) is 0 Å². The monoisotopic (exact) mass is 510 g/mol. The lowest BCUT2D eigenvalue weighted by Gasteiger charge is -2.32. The Morgan fingerprint density at radius 3 is 2.69 bits per heavy atom. The Kier molecular flexibility index (Phi) is 10.5. The molecule has 0 spiro atoms. The molecular weight excluding hydrogens is 475 g/mol. The molecule has 0 saturated carbocycles. The maximum absolute atomic E-state index is 4.83. The van der Waals surface area contributed by atoms with Crippen molar-refractivity contribution in [2.75, 3.05) is 26.2 Å². The zero-order valence-electron chi connectivity index (χ0n) is 17.7. The number of nitrogens with zero attached hydrogens (tertiary/aromatic N) is 4. The standard InChI is InChI=1S/C22H34N6.HI/c1-3-11-27-12-8-21(9-13-27)26-22(24-4-2)25-16-19-6-5-7-20(15-19)17-28-14-10-23-18-28;/h5-7,10,14-15,18,21H,3-4,8-9,11-13,16-17H2,1-2H3,(H2,24,25,26);1H. The van der Waals surface area contributed by atoms with Gasteiger partial charge in [0.2, 0.25) is 0 Å². The Hall–Kier alpha value is -1.61. The molecule has 0 bridgehead atoms. The van der Waals surface area contributed by atoms with Gasteiger partial charge in [-0.15, -0.1) is 24.0 Å². The minimum Gasteiger partial charge on any atom is -0.357 e. The largest absolute Gasteiger partial charge is 0.357 e. The summed E-state index contributed by atoms with van der Waals surface area (Å²) in [6.07, 6.45) is 9.26. The van der Waals surface area contributed by atoms with E-state index in [4.69, 9.17) is 4.99 Å². The third kappa shape index (κ3) is 7.97. The van der Waals surface area contributed by atoms with Crippen molar-refractivity contribution in [3.63, 3.8) is 0 Å². The number of hydrogen-bond acceptors (Lipinski definition) is 3. The molecule has 0 unspecified atom stereocenters. The van der Waals surface area contributed by atoms with E-state index in [1.165, 1.54) is 50.0 Å². The summed E-state index contributed by atoms with van der Waals surface area (Å²) in [4.78, 5) is 11.5. The van der Waals surface area contributed by atoms with Gasteiger partial charge in [-0.05, 0) is 43.9 Å². The second-order valence-corrected chi connectivity index (χ2v) is 7.51. The van der Waals surface area contributed by atoms with E-state index >= 15 is 0 Å². The SMILES string of the molecule is CCCN1CCC(NC(=NCc2cccc(Cn3ccnc3)c2)NCC)CC1.I. The van der Waals surface area contributed by atoms with Gasteiger partial charge in [-0.3, -0.25) is 0 Å². The van der Waals surface area contributed by atoms with Crippen molar-refractivity contribution in [2.24, 2.45) is 4.99 Å². The van der Waals surface area contributed by atoms with Crippen LogP contribution in [0.3, 0.4) is 0 Å². The molecule has 2 aromatic rings. The topological polar surface area (TPSA) is 57.5 Å². The average molecular weight is 510 g/mol. The molecular formula is C22H35IN6. The third-order valence-corrected chi connectivity index (χ3v) is 5.15. The fraction of sp³-hybridized carbons (Fsp3) is 0.545. The van der Waals surface area contributed by atoms with E-state index in [-0.39, 0.29) is 24.0 Å². The second kappa shape index (κ2) is 12.8. The number of aromatic nitrogens is 2. The summed E-state index contributed by atoms with van der Waals surface area (Å²) in [5, 5.41) is 7.04. The summed E-state index contributed by atoms with van der Waals surface area (Å²) in [6, 6.07) is 9.16. The van der Waals surface area contributed by atoms with Crippen LogP contribution >= 0.6 is 24.0 Å². The van der Waals surface area contributed by atoms with Crippen LogP contribution in [0.5, 0.6) is 0 Å². The van der Waals surface area contributed by atoms with Crippen LogP contribution < -0.4 is 10.6 Å². The Morgan fingerprint density at radius 2 is 2.00 bits per heavy atom. The van der Waals surface area contributed by atoms with Crippen molar-refractivity contribution in [3.05, 3.63) is 54.1 Å². The van der Waals surface area contributed by atoms with Crippen molar-refractivity contribution in [1.29, 1.82) is 0 Å². The van der Waals surface area contributed by atoms with Crippen LogP contribution in [0.25, 0.3) is 0 Å². The van der Waals surface area contributed by atoms with Gasteiger partial charge in [-0.25, -0.2) is 9.98 Å². The minimum atomic E-state index is 0. The minimum absolute atomic E-state index is 0. The number of rotatable bonds is 8. The molecule has 160 valence electrons. The number of aliphatic imine (C=N–C) groups is 1. The first-order valence-corrected chi connectivity index (χ1v) is 10.6. The van der Waals surface area contributed by atoms with Crippen LogP contribution in [-0.2, 0) is 13.1 Å². The van der Waals surface area contributed by atoms with E-state index in [9.17, 15) is 0 Å². The molecule has 0 amide bonds. The van der Waals surface area contributed by atoms with Crippen molar-refractivity contribution in [3.8, 4) is 0 Å². The molecule has 1 fully saturated rings. The molecule has 3 rings (SSSR count). The molecule has 2 N–H and O–H groups in total. The van der Waals surface area contributed by atoms with E-state index < -0.39 is 0 Å². The first kappa shape index (κ1) is 23.7. The number of benzene rings is 1. The molecule has 7 heteroatoms. The van der Waals surface area contributed by atoms with Crippen LogP contribution in [0.1, 0.15) is 44.2 Å². The second-order valence-electron chi connectivity index (χ2n) is 7.51. The zero-order chi connectivity index (χ0) is 19.6. The summed E-state index contributed by atoms with van der Waals surface area (Å²) in [5.74, 6) is 0.927. The molecule has 1 aliphatic heterocycles. The lowest BCUT2D eigenvalue weighted by atomic mass is 10.1. The van der Waals surface area contributed by atoms with Gasteiger partial charge in [0.25, 0.3) is 0 Å². The van der Waals surface area contributed by atoms with E-state index in [1.54, 1.807) is 0 Å². The predicted molar refractivity (Wildman–Crippen MR) is 131 cm³/mol. The molecule has 0 atom stereocenters. The maximum Gasteiger partial charge on any atom is 0.191 e. The summed E-state index contributed by atoms with van der Waals surface area (Å²) in [5.41, 5.74) is 2.50. The van der Waals surface area contributed by atoms with Crippen LogP contribution in [0, 0.1) is 0 Å². The summed E-state index contributed by atoms with van der Waals surface area (Å²) in [6.45, 7) is 10.4. The molecule has 2 heterocycles. The molecule has 1 aromatic heterocycles. The summed E-state index contributed by atoms with van der Waals surface area (Å²) < 4.78 is 2.08. The van der Waals surface area contributed by atoms with Crippen molar-refractivity contribution >= 4 is 29.9 Å². The van der Waals surface area contributed by atoms with E-state index in [0.29, 0.717) is 12.6 Å². The molecule has 0 radical (unpaired) electrons. The van der Waals surface area contributed by atoms with Crippen LogP contribution in [0.2, 0.25) is 0 Å². The third-order valence-electron chi connectivity index (χ3n) is 5.15. The van der Waals surface area contributed by atoms with Crippen molar-refractivity contribution in [2.45, 2.75) is 52.2 Å². The molecule has 1 aromatic carbocycles. The van der Waals surface area contributed by atoms with Crippen LogP contribution in [-0.4, -0.2) is 52.6 Å². The predicted octanol–water partition coefficient (Wildman–Crippen LogP) is 3.48. The number of halogens is 1. The van der Waals surface area contributed by atoms with Crippen molar-refractivity contribution in [1.82, 2.24) is 25.1 Å². The molecule has 1 aliphatic rings. The van der Waals surface area contributed by atoms with Gasteiger partial charge in [0.15, 0.2) is 5.96 Å². The van der Waals surface area contributed by atoms with E-state index in [0.717, 1.165) is 19.0 Å². The molecule has 0 aliphatic carbocycles. The number of imidazole rings is 1. The fourth-order valence-electron chi connectivity index (χ4n) is 3.72. The Labute approximate surface area is 192 Å². The highest BCUT2D eigenvalue weighted by Crippen LogP contribution is 2.11. The first-order chi connectivity index (χ1) is 13.8.